The molecule has 1 N–H and O–H groups in total. The van der Waals surface area contributed by atoms with Crippen molar-refractivity contribution in [3.8, 4) is 6.07 Å². The number of thiophene rings is 1. The fourth-order valence-electron chi connectivity index (χ4n) is 4.02. The van der Waals surface area contributed by atoms with Gasteiger partial charge in [-0.2, -0.15) is 35.9 Å². The van der Waals surface area contributed by atoms with Gasteiger partial charge < -0.3 is 14.9 Å². The lowest BCUT2D eigenvalue weighted by molar-refractivity contribution is -0.254. The van der Waals surface area contributed by atoms with E-state index in [9.17, 15) is 44.7 Å². The Hall–Kier alpha value is -3.20. The Labute approximate surface area is 229 Å². The molecular weight excluding hydrogens is 588 g/mol. The highest BCUT2D eigenvalue weighted by molar-refractivity contribution is 7.91. The Balaban J connectivity index is 1.91. The van der Waals surface area contributed by atoms with E-state index in [1.165, 1.54) is 32.0 Å². The van der Waals surface area contributed by atoms with Crippen LogP contribution in [0.15, 0.2) is 39.5 Å². The molecular formula is C23H23F6N5O4S2. The molecule has 2 atom stereocenters. The second kappa shape index (κ2) is 11.0. The molecule has 0 bridgehead atoms. The number of rotatable bonds is 6. The summed E-state index contributed by atoms with van der Waals surface area (Å²) in [5.74, 6) is -1.97. The SMILES string of the molecule is CC1CN(c2ccc(C#N)cc2C(F)(F)F)CCN1S(=O)(=O)c1ccc(C(O)(C(=O)N=CN(C)C)C(F)(F)F)s1. The highest BCUT2D eigenvalue weighted by atomic mass is 32.2. The summed E-state index contributed by atoms with van der Waals surface area (Å²) >= 11 is 0.0381. The monoisotopic (exact) mass is 611 g/mol. The van der Waals surface area contributed by atoms with Crippen LogP contribution in [0.4, 0.5) is 32.0 Å². The van der Waals surface area contributed by atoms with Crippen molar-refractivity contribution in [3.63, 3.8) is 0 Å². The van der Waals surface area contributed by atoms with Gasteiger partial charge >= 0.3 is 12.4 Å². The summed E-state index contributed by atoms with van der Waals surface area (Å²) in [5, 5.41) is 19.4. The number of anilines is 1. The van der Waals surface area contributed by atoms with Gasteiger partial charge in [0, 0.05) is 45.5 Å². The van der Waals surface area contributed by atoms with Crippen LogP contribution in [0.25, 0.3) is 0 Å². The molecule has 3 rings (SSSR count). The molecule has 2 heterocycles. The first-order valence-corrected chi connectivity index (χ1v) is 13.6. The summed E-state index contributed by atoms with van der Waals surface area (Å²) in [5.41, 5.74) is -5.62. The van der Waals surface area contributed by atoms with Crippen LogP contribution in [0.5, 0.6) is 0 Å². The molecule has 218 valence electrons. The molecule has 1 aliphatic heterocycles. The first kappa shape index (κ1) is 31.3. The van der Waals surface area contributed by atoms with Gasteiger partial charge in [-0.3, -0.25) is 4.79 Å². The molecule has 1 saturated heterocycles. The Morgan fingerprint density at radius 3 is 2.35 bits per heavy atom. The molecule has 0 spiro atoms. The van der Waals surface area contributed by atoms with E-state index in [4.69, 9.17) is 5.26 Å². The van der Waals surface area contributed by atoms with Crippen LogP contribution >= 0.6 is 11.3 Å². The topological polar surface area (TPSA) is 117 Å². The van der Waals surface area contributed by atoms with E-state index >= 15 is 0 Å². The van der Waals surface area contributed by atoms with E-state index in [-0.39, 0.29) is 42.2 Å². The number of nitrogens with zero attached hydrogens (tertiary/aromatic N) is 5. The van der Waals surface area contributed by atoms with Crippen molar-refractivity contribution in [2.75, 3.05) is 38.6 Å². The molecule has 0 saturated carbocycles. The van der Waals surface area contributed by atoms with E-state index in [0.717, 1.165) is 27.7 Å². The molecule has 1 aliphatic rings. The summed E-state index contributed by atoms with van der Waals surface area (Å²) in [6.45, 7) is 0.710. The van der Waals surface area contributed by atoms with Gasteiger partial charge in [-0.05, 0) is 37.3 Å². The van der Waals surface area contributed by atoms with Gasteiger partial charge in [-0.15, -0.1) is 11.3 Å². The first-order valence-electron chi connectivity index (χ1n) is 11.4. The highest BCUT2D eigenvalue weighted by Gasteiger charge is 2.62. The number of halogens is 6. The zero-order valence-electron chi connectivity index (χ0n) is 21.2. The van der Waals surface area contributed by atoms with Crippen LogP contribution in [-0.2, 0) is 26.6 Å². The number of carbonyl (C=O) groups excluding carboxylic acids is 1. The molecule has 0 aliphatic carbocycles. The average Bonchev–Trinajstić information content (AvgIpc) is 3.36. The van der Waals surface area contributed by atoms with Gasteiger partial charge in [0.2, 0.25) is 0 Å². The number of amides is 1. The smallest absolute Gasteiger partial charge is 0.369 e. The van der Waals surface area contributed by atoms with Gasteiger partial charge in [0.15, 0.2) is 0 Å². The van der Waals surface area contributed by atoms with Crippen molar-refractivity contribution in [2.45, 2.75) is 35.1 Å². The number of hydrogen-bond acceptors (Lipinski definition) is 7. The Morgan fingerprint density at radius 1 is 1.18 bits per heavy atom. The van der Waals surface area contributed by atoms with Crippen LogP contribution in [0, 0.1) is 11.3 Å². The molecule has 1 aromatic heterocycles. The maximum absolute atomic E-state index is 13.8. The van der Waals surface area contributed by atoms with Crippen LogP contribution in [0.1, 0.15) is 22.9 Å². The van der Waals surface area contributed by atoms with Crippen molar-refractivity contribution in [2.24, 2.45) is 4.99 Å². The normalized spacial score (nSPS) is 18.9. The van der Waals surface area contributed by atoms with Crippen LogP contribution < -0.4 is 4.90 Å². The molecule has 40 heavy (non-hydrogen) atoms. The standard InChI is InChI=1S/C23H23F6N5O4S2/c1-14-12-33(17-5-4-15(11-30)10-16(17)22(24,25)26)8-9-34(14)40(37,38)19-7-6-18(39-19)21(36,23(27,28)29)20(35)31-13-32(2)3/h4-7,10,13-14,36H,8-9,12H2,1-3H3. The summed E-state index contributed by atoms with van der Waals surface area (Å²) in [7, 11) is -1.72. The van der Waals surface area contributed by atoms with Gasteiger partial charge in [0.05, 0.1) is 28.4 Å². The third-order valence-corrected chi connectivity index (χ3v) is 9.64. The Kier molecular flexibility index (Phi) is 8.61. The molecule has 17 heteroatoms. The number of hydrogen-bond donors (Lipinski definition) is 1. The zero-order valence-corrected chi connectivity index (χ0v) is 22.8. The summed E-state index contributed by atoms with van der Waals surface area (Å²) in [6.07, 6.45) is -9.56. The maximum atomic E-state index is 13.8. The molecule has 1 fully saturated rings. The lowest BCUT2D eigenvalue weighted by Gasteiger charge is -2.40. The van der Waals surface area contributed by atoms with Gasteiger partial charge in [-0.1, -0.05) is 0 Å². The van der Waals surface area contributed by atoms with E-state index in [1.807, 2.05) is 0 Å². The van der Waals surface area contributed by atoms with Crippen LogP contribution in [-0.4, -0.2) is 80.9 Å². The fourth-order valence-corrected chi connectivity index (χ4v) is 7.17. The lowest BCUT2D eigenvalue weighted by atomic mass is 10.0. The number of carbonyl (C=O) groups is 1. The van der Waals surface area contributed by atoms with Crippen molar-refractivity contribution >= 4 is 39.3 Å². The second-order valence-corrected chi connectivity index (χ2v) is 12.3. The third kappa shape index (κ3) is 5.94. The van der Waals surface area contributed by atoms with Crippen LogP contribution in [0.2, 0.25) is 0 Å². The van der Waals surface area contributed by atoms with Crippen molar-refractivity contribution in [1.29, 1.82) is 5.26 Å². The summed E-state index contributed by atoms with van der Waals surface area (Å²) in [6, 6.07) is 5.23. The fraction of sp³-hybridized carbons (Fsp3) is 0.435. The first-order chi connectivity index (χ1) is 18.3. The highest BCUT2D eigenvalue weighted by Crippen LogP contribution is 2.44. The van der Waals surface area contributed by atoms with E-state index in [1.54, 1.807) is 6.07 Å². The minimum absolute atomic E-state index is 0.0381. The van der Waals surface area contributed by atoms with E-state index < -0.39 is 54.6 Å². The van der Waals surface area contributed by atoms with Crippen molar-refractivity contribution in [3.05, 3.63) is 46.3 Å². The molecule has 1 amide bonds. The summed E-state index contributed by atoms with van der Waals surface area (Å²) < 4.78 is 109. The number of piperazine rings is 1. The van der Waals surface area contributed by atoms with Gasteiger partial charge in [-0.25, -0.2) is 13.4 Å². The Morgan fingerprint density at radius 2 is 1.82 bits per heavy atom. The number of aliphatic imine (C=N–C) groups is 1. The number of benzene rings is 1. The van der Waals surface area contributed by atoms with Crippen molar-refractivity contribution < 1.29 is 44.7 Å². The number of sulfonamides is 1. The average molecular weight is 612 g/mol. The summed E-state index contributed by atoms with van der Waals surface area (Å²) in [4.78, 5) is 16.9. The van der Waals surface area contributed by atoms with Crippen LogP contribution in [0.3, 0.4) is 0 Å². The second-order valence-electron chi connectivity index (χ2n) is 9.09. The number of nitriles is 1. The Bertz CT molecular complexity index is 1450. The van der Waals surface area contributed by atoms with E-state index in [2.05, 4.69) is 4.99 Å². The molecule has 2 aromatic rings. The minimum Gasteiger partial charge on any atom is -0.369 e. The molecule has 9 nitrogen and oxygen atoms in total. The quantitative estimate of drug-likeness (QED) is 0.302. The van der Waals surface area contributed by atoms with Crippen molar-refractivity contribution in [1.82, 2.24) is 9.21 Å². The number of aliphatic hydroxyl groups is 1. The lowest BCUT2D eigenvalue weighted by Crippen LogP contribution is -2.54. The van der Waals surface area contributed by atoms with E-state index in [0.29, 0.717) is 12.1 Å². The van der Waals surface area contributed by atoms with Gasteiger partial charge in [0.1, 0.15) is 4.21 Å². The third-order valence-electron chi connectivity index (χ3n) is 5.96. The predicted molar refractivity (Wildman–Crippen MR) is 133 cm³/mol. The molecule has 0 radical (unpaired) electrons. The maximum Gasteiger partial charge on any atom is 0.431 e. The largest absolute Gasteiger partial charge is 0.431 e. The molecule has 2 unspecified atom stereocenters. The predicted octanol–water partition coefficient (Wildman–Crippen LogP) is 3.40. The minimum atomic E-state index is -5.53. The van der Waals surface area contributed by atoms with Gasteiger partial charge in [0.25, 0.3) is 21.5 Å². The number of alkyl halides is 6. The molecule has 1 aromatic carbocycles. The zero-order chi connectivity index (χ0) is 30.3.